The van der Waals surface area contributed by atoms with Crippen molar-refractivity contribution in [2.75, 3.05) is 12.5 Å². The Morgan fingerprint density at radius 2 is 2.03 bits per heavy atom. The fourth-order valence-corrected chi connectivity index (χ4v) is 5.85. The lowest BCUT2D eigenvalue weighted by Gasteiger charge is -2.16. The summed E-state index contributed by atoms with van der Waals surface area (Å²) in [6.45, 7) is 0.786. The number of carbonyl (C=O) groups is 1. The Morgan fingerprint density at radius 1 is 1.26 bits per heavy atom. The van der Waals surface area contributed by atoms with E-state index >= 15 is 0 Å². The number of fused-ring (bicyclic) bond motifs is 2. The lowest BCUT2D eigenvalue weighted by Crippen LogP contribution is -2.34. The molecular formula is C22H25IN6O4S. The van der Waals surface area contributed by atoms with E-state index in [-0.39, 0.29) is 18.9 Å². The molecule has 0 bridgehead atoms. The standard InChI is InChI=1S/C22H25IN6O4S/c23-13-8-15-16(32-11-31-15)9-17(13)34-22-28-18-19(25)26-10-27-20(18)29(22)7-3-6-14(24)21(30)33-12-4-1-2-5-12/h8-10,12,14H,1-7,11,24H2,(H2,25,26,27). The number of rotatable bonds is 8. The molecule has 0 radical (unpaired) electrons. The predicted molar refractivity (Wildman–Crippen MR) is 135 cm³/mol. The number of imidazole rings is 1. The highest BCUT2D eigenvalue weighted by molar-refractivity contribution is 14.1. The molecular weight excluding hydrogens is 571 g/mol. The Labute approximate surface area is 214 Å². The second-order valence-corrected chi connectivity index (χ2v) is 10.5. The first kappa shape index (κ1) is 23.4. The number of aromatic nitrogens is 4. The summed E-state index contributed by atoms with van der Waals surface area (Å²) in [4.78, 5) is 26.5. The van der Waals surface area contributed by atoms with Gasteiger partial charge >= 0.3 is 5.97 Å². The minimum atomic E-state index is -0.652. The number of nitrogens with zero attached hydrogens (tertiary/aromatic N) is 4. The van der Waals surface area contributed by atoms with Crippen molar-refractivity contribution in [1.82, 2.24) is 19.5 Å². The van der Waals surface area contributed by atoms with Crippen LogP contribution in [0.2, 0.25) is 0 Å². The number of hydrogen-bond acceptors (Lipinski definition) is 10. The van der Waals surface area contributed by atoms with Gasteiger partial charge in [0.25, 0.3) is 0 Å². The van der Waals surface area contributed by atoms with E-state index in [1.54, 1.807) is 0 Å². The monoisotopic (exact) mass is 596 g/mol. The summed E-state index contributed by atoms with van der Waals surface area (Å²) in [5.41, 5.74) is 13.4. The van der Waals surface area contributed by atoms with E-state index in [0.717, 1.165) is 45.1 Å². The summed E-state index contributed by atoms with van der Waals surface area (Å²) in [5, 5.41) is 0.723. The Morgan fingerprint density at radius 3 is 2.82 bits per heavy atom. The summed E-state index contributed by atoms with van der Waals surface area (Å²) in [6.07, 6.45) is 6.67. The van der Waals surface area contributed by atoms with Crippen molar-refractivity contribution in [1.29, 1.82) is 0 Å². The third-order valence-corrected chi connectivity index (χ3v) is 8.25. The molecule has 3 heterocycles. The summed E-state index contributed by atoms with van der Waals surface area (Å²) >= 11 is 3.76. The molecule has 1 aromatic carbocycles. The molecule has 3 aromatic rings. The van der Waals surface area contributed by atoms with Gasteiger partial charge in [-0.25, -0.2) is 15.0 Å². The highest BCUT2D eigenvalue weighted by atomic mass is 127. The Hall–Kier alpha value is -2.32. The zero-order chi connectivity index (χ0) is 23.7. The van der Waals surface area contributed by atoms with E-state index in [2.05, 4.69) is 32.6 Å². The topological polar surface area (TPSA) is 140 Å². The molecule has 2 aromatic heterocycles. The molecule has 0 spiro atoms. The second kappa shape index (κ2) is 10.1. The smallest absolute Gasteiger partial charge is 0.323 e. The van der Waals surface area contributed by atoms with Crippen molar-refractivity contribution in [2.45, 2.75) is 67.3 Å². The lowest BCUT2D eigenvalue weighted by molar-refractivity contribution is -0.150. The average Bonchev–Trinajstić information content (AvgIpc) is 3.56. The third kappa shape index (κ3) is 4.89. The van der Waals surface area contributed by atoms with Gasteiger partial charge in [-0.3, -0.25) is 4.79 Å². The summed E-state index contributed by atoms with van der Waals surface area (Å²) in [6, 6.07) is 3.24. The van der Waals surface area contributed by atoms with Crippen LogP contribution < -0.4 is 20.9 Å². The summed E-state index contributed by atoms with van der Waals surface area (Å²) in [7, 11) is 0. The minimum Gasteiger partial charge on any atom is -0.461 e. The highest BCUT2D eigenvalue weighted by Crippen LogP contribution is 2.41. The first-order chi connectivity index (χ1) is 16.5. The van der Waals surface area contributed by atoms with E-state index in [1.165, 1.54) is 18.1 Å². The SMILES string of the molecule is Nc1ncnc2c1nc(Sc1cc3c(cc1I)OCO3)n2CCCC(N)C(=O)OC1CCCC1. The van der Waals surface area contributed by atoms with Gasteiger partial charge in [-0.05, 0) is 73.2 Å². The molecule has 2 aliphatic rings. The van der Waals surface area contributed by atoms with Crippen molar-refractivity contribution < 1.29 is 19.0 Å². The number of halogens is 1. The minimum absolute atomic E-state index is 0.0167. The van der Waals surface area contributed by atoms with Crippen molar-refractivity contribution in [3.05, 3.63) is 22.0 Å². The van der Waals surface area contributed by atoms with Gasteiger partial charge in [0.2, 0.25) is 6.79 Å². The molecule has 10 nitrogen and oxygen atoms in total. The van der Waals surface area contributed by atoms with Gasteiger partial charge < -0.3 is 30.2 Å². The molecule has 5 rings (SSSR count). The average molecular weight is 596 g/mol. The van der Waals surface area contributed by atoms with Gasteiger partial charge in [0, 0.05) is 15.0 Å². The molecule has 1 saturated carbocycles. The van der Waals surface area contributed by atoms with E-state index in [4.69, 9.17) is 30.7 Å². The molecule has 4 N–H and O–H groups in total. The molecule has 0 saturated heterocycles. The quantitative estimate of drug-likeness (QED) is 0.293. The number of anilines is 1. The van der Waals surface area contributed by atoms with Gasteiger partial charge in [0.05, 0.1) is 0 Å². The number of ether oxygens (including phenoxy) is 3. The first-order valence-corrected chi connectivity index (χ1v) is 13.1. The van der Waals surface area contributed by atoms with Crippen molar-refractivity contribution in [3.63, 3.8) is 0 Å². The molecule has 12 heteroatoms. The first-order valence-electron chi connectivity index (χ1n) is 11.2. The van der Waals surface area contributed by atoms with Crippen LogP contribution >= 0.6 is 34.4 Å². The molecule has 1 aliphatic heterocycles. The van der Waals surface area contributed by atoms with Crippen LogP contribution in [0.5, 0.6) is 11.5 Å². The Bertz CT molecular complexity index is 1220. The second-order valence-electron chi connectivity index (χ2n) is 8.31. The molecule has 1 unspecified atom stereocenters. The van der Waals surface area contributed by atoms with E-state index in [9.17, 15) is 4.79 Å². The summed E-state index contributed by atoms with van der Waals surface area (Å²) in [5.74, 6) is 1.44. The molecule has 180 valence electrons. The molecule has 34 heavy (non-hydrogen) atoms. The highest BCUT2D eigenvalue weighted by Gasteiger charge is 2.24. The van der Waals surface area contributed by atoms with E-state index in [1.807, 2.05) is 16.7 Å². The van der Waals surface area contributed by atoms with Gasteiger partial charge in [-0.2, -0.15) is 0 Å². The zero-order valence-electron chi connectivity index (χ0n) is 18.4. The van der Waals surface area contributed by atoms with Crippen LogP contribution in [0.1, 0.15) is 38.5 Å². The van der Waals surface area contributed by atoms with E-state index in [0.29, 0.717) is 42.1 Å². The van der Waals surface area contributed by atoms with Gasteiger partial charge in [-0.1, -0.05) is 11.8 Å². The van der Waals surface area contributed by atoms with Crippen molar-refractivity contribution in [2.24, 2.45) is 5.73 Å². The van der Waals surface area contributed by atoms with Crippen molar-refractivity contribution >= 4 is 57.3 Å². The van der Waals surface area contributed by atoms with Crippen LogP contribution in [-0.2, 0) is 16.1 Å². The Balaban J connectivity index is 1.33. The number of aryl methyl sites for hydroxylation is 1. The van der Waals surface area contributed by atoms with Crippen LogP contribution in [0.4, 0.5) is 5.82 Å². The van der Waals surface area contributed by atoms with Gasteiger partial charge in [0.1, 0.15) is 18.5 Å². The predicted octanol–water partition coefficient (Wildman–Crippen LogP) is 3.49. The Kier molecular flexibility index (Phi) is 6.97. The van der Waals surface area contributed by atoms with Crippen LogP contribution in [0.15, 0.2) is 28.5 Å². The normalized spacial score (nSPS) is 16.3. The molecule has 1 atom stereocenters. The maximum absolute atomic E-state index is 12.4. The van der Waals surface area contributed by atoms with Crippen LogP contribution in [-0.4, -0.2) is 44.4 Å². The number of carbonyl (C=O) groups excluding carboxylic acids is 1. The zero-order valence-corrected chi connectivity index (χ0v) is 21.4. The molecule has 0 amide bonds. The van der Waals surface area contributed by atoms with Gasteiger partial charge in [0.15, 0.2) is 33.6 Å². The fraction of sp³-hybridized carbons (Fsp3) is 0.455. The summed E-state index contributed by atoms with van der Waals surface area (Å²) < 4.78 is 19.6. The number of benzene rings is 1. The van der Waals surface area contributed by atoms with Crippen LogP contribution in [0, 0.1) is 3.57 Å². The van der Waals surface area contributed by atoms with Crippen LogP contribution in [0.3, 0.4) is 0 Å². The van der Waals surface area contributed by atoms with E-state index < -0.39 is 6.04 Å². The number of esters is 1. The molecule has 1 fully saturated rings. The largest absolute Gasteiger partial charge is 0.461 e. The number of nitrogens with two attached hydrogens (primary N) is 2. The maximum Gasteiger partial charge on any atom is 0.323 e. The fourth-order valence-electron chi connectivity index (χ4n) is 4.13. The van der Waals surface area contributed by atoms with Crippen molar-refractivity contribution in [3.8, 4) is 11.5 Å². The molecule has 1 aliphatic carbocycles. The number of hydrogen-bond donors (Lipinski definition) is 2. The third-order valence-electron chi connectivity index (χ3n) is 5.94. The van der Waals surface area contributed by atoms with Crippen LogP contribution in [0.25, 0.3) is 11.2 Å². The number of nitrogen functional groups attached to an aromatic ring is 1. The van der Waals surface area contributed by atoms with Gasteiger partial charge in [-0.15, -0.1) is 0 Å². The maximum atomic E-state index is 12.4. The lowest BCUT2D eigenvalue weighted by atomic mass is 10.1.